The van der Waals surface area contributed by atoms with Gasteiger partial charge in [0.25, 0.3) is 0 Å². The second-order valence-corrected chi connectivity index (χ2v) is 5.93. The predicted molar refractivity (Wildman–Crippen MR) is 83.8 cm³/mol. The smallest absolute Gasteiger partial charge is 0.0366 e. The molecule has 2 rings (SSSR count). The first-order valence-electron chi connectivity index (χ1n) is 7.72. The molecule has 1 heterocycles. The minimum absolute atomic E-state index is 0.445. The Morgan fingerprint density at radius 1 is 1.11 bits per heavy atom. The predicted octanol–water partition coefficient (Wildman–Crippen LogP) is 3.98. The molecule has 0 bridgehead atoms. The van der Waals surface area contributed by atoms with Gasteiger partial charge in [0, 0.05) is 30.2 Å². The van der Waals surface area contributed by atoms with Crippen molar-refractivity contribution in [2.24, 2.45) is 5.41 Å². The maximum absolute atomic E-state index is 3.46. The summed E-state index contributed by atoms with van der Waals surface area (Å²) in [7, 11) is 0. The number of rotatable bonds is 6. The van der Waals surface area contributed by atoms with E-state index >= 15 is 0 Å². The first-order chi connectivity index (χ1) is 9.14. The molecule has 1 atom stereocenters. The highest BCUT2D eigenvalue weighted by molar-refractivity contribution is 5.51. The van der Waals surface area contributed by atoms with Crippen molar-refractivity contribution in [1.29, 1.82) is 0 Å². The summed E-state index contributed by atoms with van der Waals surface area (Å²) in [5.41, 5.74) is 3.34. The van der Waals surface area contributed by atoms with E-state index in [0.717, 1.165) is 6.54 Å². The Bertz CT molecular complexity index is 384. The number of nitrogens with zero attached hydrogens (tertiary/aromatic N) is 1. The minimum atomic E-state index is 0.445. The second kappa shape index (κ2) is 5.96. The van der Waals surface area contributed by atoms with E-state index in [9.17, 15) is 0 Å². The van der Waals surface area contributed by atoms with Crippen molar-refractivity contribution in [2.75, 3.05) is 24.5 Å². The average Bonchev–Trinajstić information content (AvgIpc) is 2.40. The summed E-state index contributed by atoms with van der Waals surface area (Å²) < 4.78 is 0. The summed E-state index contributed by atoms with van der Waals surface area (Å²) in [4.78, 5) is 2.51. The molecule has 1 fully saturated rings. The number of benzene rings is 1. The van der Waals surface area contributed by atoms with Crippen LogP contribution >= 0.6 is 0 Å². The highest BCUT2D eigenvalue weighted by Crippen LogP contribution is 2.39. The van der Waals surface area contributed by atoms with Gasteiger partial charge in [-0.15, -0.1) is 0 Å². The fourth-order valence-electron chi connectivity index (χ4n) is 3.04. The second-order valence-electron chi connectivity index (χ2n) is 5.93. The standard InChI is InChI=1S/C17H28N2/c1-5-17(6-2)12-19(13-17)16-10-8-15(9-11-16)14(4)18-7-3/h8-11,14,18H,5-7,12-13H2,1-4H3. The summed E-state index contributed by atoms with van der Waals surface area (Å²) in [5.74, 6) is 0. The van der Waals surface area contributed by atoms with E-state index in [-0.39, 0.29) is 0 Å². The van der Waals surface area contributed by atoms with Crippen molar-refractivity contribution in [1.82, 2.24) is 5.32 Å². The summed E-state index contributed by atoms with van der Waals surface area (Å²) >= 11 is 0. The van der Waals surface area contributed by atoms with Crippen LogP contribution in [0.25, 0.3) is 0 Å². The van der Waals surface area contributed by atoms with E-state index in [1.807, 2.05) is 0 Å². The van der Waals surface area contributed by atoms with Gasteiger partial charge < -0.3 is 10.2 Å². The largest absolute Gasteiger partial charge is 0.370 e. The average molecular weight is 260 g/mol. The molecule has 2 nitrogen and oxygen atoms in total. The van der Waals surface area contributed by atoms with Gasteiger partial charge in [-0.1, -0.05) is 32.9 Å². The van der Waals surface area contributed by atoms with Gasteiger partial charge >= 0.3 is 0 Å². The number of hydrogen-bond donors (Lipinski definition) is 1. The van der Waals surface area contributed by atoms with Crippen molar-refractivity contribution in [3.63, 3.8) is 0 Å². The normalized spacial score (nSPS) is 19.1. The molecule has 0 aromatic heterocycles. The molecule has 0 aliphatic carbocycles. The summed E-state index contributed by atoms with van der Waals surface area (Å²) in [6.45, 7) is 12.5. The third-order valence-corrected chi connectivity index (χ3v) is 4.82. The van der Waals surface area contributed by atoms with Gasteiger partial charge in [0.2, 0.25) is 0 Å². The molecular formula is C17H28N2. The highest BCUT2D eigenvalue weighted by atomic mass is 15.2. The highest BCUT2D eigenvalue weighted by Gasteiger charge is 2.39. The molecule has 1 aliphatic heterocycles. The van der Waals surface area contributed by atoms with Crippen LogP contribution in [0.5, 0.6) is 0 Å². The molecule has 2 heteroatoms. The Balaban J connectivity index is 1.97. The van der Waals surface area contributed by atoms with Crippen molar-refractivity contribution in [3.8, 4) is 0 Å². The maximum Gasteiger partial charge on any atom is 0.0366 e. The SMILES string of the molecule is CCNC(C)c1ccc(N2CC(CC)(CC)C2)cc1. The molecule has 1 aromatic carbocycles. The molecule has 1 aliphatic rings. The summed E-state index contributed by atoms with van der Waals surface area (Å²) in [6, 6.07) is 9.53. The van der Waals surface area contributed by atoms with Crippen molar-refractivity contribution < 1.29 is 0 Å². The zero-order valence-corrected chi connectivity index (χ0v) is 12.9. The third-order valence-electron chi connectivity index (χ3n) is 4.82. The van der Waals surface area contributed by atoms with Crippen LogP contribution in [0.2, 0.25) is 0 Å². The van der Waals surface area contributed by atoms with Crippen LogP contribution in [-0.2, 0) is 0 Å². The molecule has 1 unspecified atom stereocenters. The fraction of sp³-hybridized carbons (Fsp3) is 0.647. The molecule has 106 valence electrons. The Labute approximate surface area is 118 Å². The summed E-state index contributed by atoms with van der Waals surface area (Å²) in [6.07, 6.45) is 2.60. The lowest BCUT2D eigenvalue weighted by molar-refractivity contribution is 0.194. The lowest BCUT2D eigenvalue weighted by Crippen LogP contribution is -2.55. The molecule has 0 radical (unpaired) electrons. The quantitative estimate of drug-likeness (QED) is 0.832. The molecule has 19 heavy (non-hydrogen) atoms. The van der Waals surface area contributed by atoms with Crippen LogP contribution in [0.4, 0.5) is 5.69 Å². The first kappa shape index (κ1) is 14.4. The van der Waals surface area contributed by atoms with Crippen LogP contribution in [0, 0.1) is 5.41 Å². The van der Waals surface area contributed by atoms with Gasteiger partial charge in [0.15, 0.2) is 0 Å². The molecule has 1 saturated heterocycles. The molecule has 1 aromatic rings. The lowest BCUT2D eigenvalue weighted by Gasteiger charge is -2.51. The third kappa shape index (κ3) is 2.94. The van der Waals surface area contributed by atoms with E-state index in [0.29, 0.717) is 11.5 Å². The molecule has 0 saturated carbocycles. The van der Waals surface area contributed by atoms with Gasteiger partial charge in [-0.25, -0.2) is 0 Å². The van der Waals surface area contributed by atoms with Crippen molar-refractivity contribution in [2.45, 2.75) is 46.6 Å². The zero-order chi connectivity index (χ0) is 13.9. The van der Waals surface area contributed by atoms with Gasteiger partial charge in [0.1, 0.15) is 0 Å². The van der Waals surface area contributed by atoms with Gasteiger partial charge in [-0.05, 0) is 44.0 Å². The molecule has 0 spiro atoms. The van der Waals surface area contributed by atoms with Crippen molar-refractivity contribution in [3.05, 3.63) is 29.8 Å². The fourth-order valence-corrected chi connectivity index (χ4v) is 3.04. The van der Waals surface area contributed by atoms with Crippen molar-refractivity contribution >= 4 is 5.69 Å². The first-order valence-corrected chi connectivity index (χ1v) is 7.72. The molecule has 1 N–H and O–H groups in total. The topological polar surface area (TPSA) is 15.3 Å². The Morgan fingerprint density at radius 3 is 2.16 bits per heavy atom. The van der Waals surface area contributed by atoms with Crippen LogP contribution in [0.3, 0.4) is 0 Å². The van der Waals surface area contributed by atoms with E-state index in [4.69, 9.17) is 0 Å². The Morgan fingerprint density at radius 2 is 1.68 bits per heavy atom. The van der Waals surface area contributed by atoms with Gasteiger partial charge in [-0.2, -0.15) is 0 Å². The van der Waals surface area contributed by atoms with E-state index < -0.39 is 0 Å². The van der Waals surface area contributed by atoms with E-state index in [1.54, 1.807) is 0 Å². The van der Waals surface area contributed by atoms with Crippen LogP contribution in [-0.4, -0.2) is 19.6 Å². The Kier molecular flexibility index (Phi) is 4.51. The number of hydrogen-bond acceptors (Lipinski definition) is 2. The van der Waals surface area contributed by atoms with E-state index in [2.05, 4.69) is 62.2 Å². The van der Waals surface area contributed by atoms with Crippen LogP contribution in [0.1, 0.15) is 52.1 Å². The molecular weight excluding hydrogens is 232 g/mol. The molecule has 0 amide bonds. The summed E-state index contributed by atoms with van der Waals surface area (Å²) in [5, 5.41) is 3.46. The van der Waals surface area contributed by atoms with Gasteiger partial charge in [0.05, 0.1) is 0 Å². The minimum Gasteiger partial charge on any atom is -0.370 e. The van der Waals surface area contributed by atoms with Crippen LogP contribution in [0.15, 0.2) is 24.3 Å². The Hall–Kier alpha value is -1.02. The van der Waals surface area contributed by atoms with Gasteiger partial charge in [-0.3, -0.25) is 0 Å². The van der Waals surface area contributed by atoms with E-state index in [1.165, 1.54) is 37.2 Å². The number of nitrogens with one attached hydrogen (secondary N) is 1. The van der Waals surface area contributed by atoms with Crippen LogP contribution < -0.4 is 10.2 Å². The zero-order valence-electron chi connectivity index (χ0n) is 12.9. The maximum atomic E-state index is 3.46. The number of anilines is 1. The lowest BCUT2D eigenvalue weighted by atomic mass is 9.75. The monoisotopic (exact) mass is 260 g/mol.